The van der Waals surface area contributed by atoms with Gasteiger partial charge in [0, 0.05) is 31.9 Å². The lowest BCUT2D eigenvalue weighted by molar-refractivity contribution is -0.136. The van der Waals surface area contributed by atoms with Crippen molar-refractivity contribution in [2.24, 2.45) is 0 Å². The van der Waals surface area contributed by atoms with E-state index in [2.05, 4.69) is 52.3 Å². The molecule has 3 rings (SSSR count). The number of benzene rings is 2. The van der Waals surface area contributed by atoms with Crippen LogP contribution in [0.4, 0.5) is 5.69 Å². The molecule has 0 aromatic heterocycles. The van der Waals surface area contributed by atoms with Crippen LogP contribution in [0.2, 0.25) is 0 Å². The molecule has 26 heavy (non-hydrogen) atoms. The van der Waals surface area contributed by atoms with E-state index in [0.29, 0.717) is 0 Å². The SMILES string of the molecule is O=C(O)Cc1ccc(CCCCN2CCN(c3ccccc3)CC2)cc1. The minimum absolute atomic E-state index is 0.106. The Morgan fingerprint density at radius 3 is 2.15 bits per heavy atom. The third-order valence-corrected chi connectivity index (χ3v) is 5.06. The molecule has 1 aliphatic rings. The number of aryl methyl sites for hydroxylation is 1. The average molecular weight is 352 g/mol. The molecule has 1 saturated heterocycles. The van der Waals surface area contributed by atoms with Crippen LogP contribution in [0, 0.1) is 0 Å². The van der Waals surface area contributed by atoms with E-state index >= 15 is 0 Å². The average Bonchev–Trinajstić information content (AvgIpc) is 2.67. The topological polar surface area (TPSA) is 43.8 Å². The van der Waals surface area contributed by atoms with Gasteiger partial charge in [-0.25, -0.2) is 0 Å². The molecule has 4 heteroatoms. The fourth-order valence-corrected chi connectivity index (χ4v) is 3.53. The van der Waals surface area contributed by atoms with Crippen molar-refractivity contribution in [2.75, 3.05) is 37.6 Å². The highest BCUT2D eigenvalue weighted by molar-refractivity contribution is 5.70. The molecule has 0 saturated carbocycles. The number of rotatable bonds is 8. The number of unbranched alkanes of at least 4 members (excludes halogenated alkanes) is 1. The largest absolute Gasteiger partial charge is 0.481 e. The van der Waals surface area contributed by atoms with Gasteiger partial charge in [-0.05, 0) is 49.1 Å². The minimum atomic E-state index is -0.773. The van der Waals surface area contributed by atoms with Crippen LogP contribution in [0.3, 0.4) is 0 Å². The molecule has 1 N–H and O–H groups in total. The molecular weight excluding hydrogens is 324 g/mol. The Bertz CT molecular complexity index is 677. The molecule has 0 amide bonds. The lowest BCUT2D eigenvalue weighted by atomic mass is 10.0. The normalized spacial score (nSPS) is 15.2. The van der Waals surface area contributed by atoms with E-state index in [1.807, 2.05) is 12.1 Å². The van der Waals surface area contributed by atoms with E-state index in [4.69, 9.17) is 5.11 Å². The Morgan fingerprint density at radius 2 is 1.50 bits per heavy atom. The standard InChI is InChI=1S/C22H28N2O2/c25-22(26)18-20-11-9-19(10-12-20)6-4-5-13-23-14-16-24(17-15-23)21-7-2-1-3-8-21/h1-3,7-12H,4-6,13-18H2,(H,25,26). The second-order valence-corrected chi connectivity index (χ2v) is 7.01. The summed E-state index contributed by atoms with van der Waals surface area (Å²) in [5.74, 6) is -0.773. The molecule has 2 aromatic carbocycles. The molecule has 0 radical (unpaired) electrons. The van der Waals surface area contributed by atoms with Crippen molar-refractivity contribution >= 4 is 11.7 Å². The maximum absolute atomic E-state index is 10.7. The van der Waals surface area contributed by atoms with Gasteiger partial charge >= 0.3 is 5.97 Å². The Hall–Kier alpha value is -2.33. The van der Waals surface area contributed by atoms with E-state index in [1.165, 1.54) is 30.6 Å². The molecule has 1 aliphatic heterocycles. The second kappa shape index (κ2) is 9.39. The fraction of sp³-hybridized carbons (Fsp3) is 0.409. The van der Waals surface area contributed by atoms with Crippen molar-refractivity contribution in [3.8, 4) is 0 Å². The molecule has 0 bridgehead atoms. The number of carboxylic acid groups (broad SMARTS) is 1. The van der Waals surface area contributed by atoms with Crippen LogP contribution in [0.25, 0.3) is 0 Å². The van der Waals surface area contributed by atoms with E-state index in [-0.39, 0.29) is 6.42 Å². The second-order valence-electron chi connectivity index (χ2n) is 7.01. The van der Waals surface area contributed by atoms with Gasteiger partial charge < -0.3 is 10.0 Å². The van der Waals surface area contributed by atoms with Crippen LogP contribution in [0.15, 0.2) is 54.6 Å². The van der Waals surface area contributed by atoms with Crippen LogP contribution in [0.1, 0.15) is 24.0 Å². The Labute approximate surface area is 156 Å². The number of aliphatic carboxylic acids is 1. The first-order valence-corrected chi connectivity index (χ1v) is 9.53. The molecule has 1 fully saturated rings. The summed E-state index contributed by atoms with van der Waals surface area (Å²) in [6.45, 7) is 5.65. The third-order valence-electron chi connectivity index (χ3n) is 5.06. The number of anilines is 1. The number of nitrogens with zero attached hydrogens (tertiary/aromatic N) is 2. The summed E-state index contributed by atoms with van der Waals surface area (Å²) in [5.41, 5.74) is 3.50. The summed E-state index contributed by atoms with van der Waals surface area (Å²) in [6.07, 6.45) is 3.56. The van der Waals surface area contributed by atoms with Crippen molar-refractivity contribution in [3.63, 3.8) is 0 Å². The Morgan fingerprint density at radius 1 is 0.846 bits per heavy atom. The smallest absolute Gasteiger partial charge is 0.307 e. The zero-order valence-electron chi connectivity index (χ0n) is 15.3. The number of piperazine rings is 1. The van der Waals surface area contributed by atoms with Gasteiger partial charge in [0.25, 0.3) is 0 Å². The number of hydrogen-bond donors (Lipinski definition) is 1. The number of para-hydroxylation sites is 1. The first-order chi connectivity index (χ1) is 12.7. The third kappa shape index (κ3) is 5.60. The lowest BCUT2D eigenvalue weighted by Gasteiger charge is -2.36. The monoisotopic (exact) mass is 352 g/mol. The van der Waals surface area contributed by atoms with E-state index < -0.39 is 5.97 Å². The predicted molar refractivity (Wildman–Crippen MR) is 106 cm³/mol. The highest BCUT2D eigenvalue weighted by Crippen LogP contribution is 2.16. The van der Waals surface area contributed by atoms with E-state index in [0.717, 1.165) is 38.2 Å². The molecule has 0 spiro atoms. The molecular formula is C22H28N2O2. The molecule has 138 valence electrons. The van der Waals surface area contributed by atoms with E-state index in [1.54, 1.807) is 0 Å². The van der Waals surface area contributed by atoms with Crippen LogP contribution in [-0.4, -0.2) is 48.7 Å². The quantitative estimate of drug-likeness (QED) is 0.739. The minimum Gasteiger partial charge on any atom is -0.481 e. The van der Waals surface area contributed by atoms with Crippen molar-refractivity contribution in [3.05, 3.63) is 65.7 Å². The molecule has 0 atom stereocenters. The maximum Gasteiger partial charge on any atom is 0.307 e. The number of carboxylic acids is 1. The van der Waals surface area contributed by atoms with Crippen molar-refractivity contribution < 1.29 is 9.90 Å². The van der Waals surface area contributed by atoms with Crippen LogP contribution < -0.4 is 4.90 Å². The van der Waals surface area contributed by atoms with Gasteiger partial charge in [0.1, 0.15) is 0 Å². The Kier molecular flexibility index (Phi) is 6.67. The molecule has 0 aliphatic carbocycles. The summed E-state index contributed by atoms with van der Waals surface area (Å²) < 4.78 is 0. The van der Waals surface area contributed by atoms with E-state index in [9.17, 15) is 4.79 Å². The van der Waals surface area contributed by atoms with Crippen LogP contribution >= 0.6 is 0 Å². The van der Waals surface area contributed by atoms with Crippen LogP contribution in [0.5, 0.6) is 0 Å². The van der Waals surface area contributed by atoms with Gasteiger partial charge in [0.15, 0.2) is 0 Å². The first kappa shape index (κ1) is 18.5. The Balaban J connectivity index is 1.33. The van der Waals surface area contributed by atoms with Gasteiger partial charge in [-0.3, -0.25) is 9.69 Å². The molecule has 4 nitrogen and oxygen atoms in total. The summed E-state index contributed by atoms with van der Waals surface area (Å²) >= 11 is 0. The van der Waals surface area contributed by atoms with Gasteiger partial charge in [-0.15, -0.1) is 0 Å². The summed E-state index contributed by atoms with van der Waals surface area (Å²) in [5, 5.41) is 8.81. The summed E-state index contributed by atoms with van der Waals surface area (Å²) in [4.78, 5) is 15.7. The molecule has 2 aromatic rings. The predicted octanol–water partition coefficient (Wildman–Crippen LogP) is 3.46. The van der Waals surface area contributed by atoms with Gasteiger partial charge in [0.05, 0.1) is 6.42 Å². The highest BCUT2D eigenvalue weighted by atomic mass is 16.4. The summed E-state index contributed by atoms with van der Waals surface area (Å²) in [6, 6.07) is 18.7. The van der Waals surface area contributed by atoms with Crippen molar-refractivity contribution in [1.82, 2.24) is 4.90 Å². The zero-order valence-corrected chi connectivity index (χ0v) is 15.3. The maximum atomic E-state index is 10.7. The molecule has 0 unspecified atom stereocenters. The van der Waals surface area contributed by atoms with Gasteiger partial charge in [0.2, 0.25) is 0 Å². The number of carbonyl (C=O) groups is 1. The van der Waals surface area contributed by atoms with Gasteiger partial charge in [-0.2, -0.15) is 0 Å². The van der Waals surface area contributed by atoms with Crippen LogP contribution in [-0.2, 0) is 17.6 Å². The lowest BCUT2D eigenvalue weighted by Crippen LogP contribution is -2.46. The van der Waals surface area contributed by atoms with Crippen molar-refractivity contribution in [1.29, 1.82) is 0 Å². The molecule has 1 heterocycles. The number of hydrogen-bond acceptors (Lipinski definition) is 3. The first-order valence-electron chi connectivity index (χ1n) is 9.53. The zero-order chi connectivity index (χ0) is 18.2. The fourth-order valence-electron chi connectivity index (χ4n) is 3.53. The van der Waals surface area contributed by atoms with Gasteiger partial charge in [-0.1, -0.05) is 42.5 Å². The van der Waals surface area contributed by atoms with Crippen molar-refractivity contribution in [2.45, 2.75) is 25.7 Å². The highest BCUT2D eigenvalue weighted by Gasteiger charge is 2.16. The summed E-state index contributed by atoms with van der Waals surface area (Å²) in [7, 11) is 0.